The lowest BCUT2D eigenvalue weighted by Crippen LogP contribution is -2.27. The van der Waals surface area contributed by atoms with Crippen molar-refractivity contribution in [3.63, 3.8) is 0 Å². The van der Waals surface area contributed by atoms with Crippen LogP contribution in [-0.2, 0) is 16.1 Å². The number of terminal acetylenes is 1. The Kier molecular flexibility index (Phi) is 4.95. The molecule has 5 nitrogen and oxygen atoms in total. The molecule has 5 heteroatoms. The summed E-state index contributed by atoms with van der Waals surface area (Å²) in [5.41, 5.74) is 1.11. The van der Waals surface area contributed by atoms with Crippen molar-refractivity contribution in [1.82, 2.24) is 4.90 Å². The van der Waals surface area contributed by atoms with Gasteiger partial charge in [0.2, 0.25) is 5.91 Å². The quantitative estimate of drug-likeness (QED) is 0.873. The van der Waals surface area contributed by atoms with Gasteiger partial charge < -0.3 is 9.64 Å². The second-order valence-electron chi connectivity index (χ2n) is 6.67. The zero-order valence-corrected chi connectivity index (χ0v) is 13.8. The Balaban J connectivity index is 1.91. The molecule has 1 aromatic carbocycles. The molecule has 1 heterocycles. The number of nitrogens with one attached hydrogen (secondary N) is 1. The molecule has 1 saturated heterocycles. The summed E-state index contributed by atoms with van der Waals surface area (Å²) in [6.45, 7) is 6.57. The lowest BCUT2D eigenvalue weighted by Gasteiger charge is -2.20. The molecule has 0 bridgehead atoms. The number of rotatable bonds is 3. The Labute approximate surface area is 137 Å². The van der Waals surface area contributed by atoms with E-state index in [1.54, 1.807) is 17.0 Å². The number of benzene rings is 1. The molecule has 1 aliphatic heterocycles. The summed E-state index contributed by atoms with van der Waals surface area (Å²) >= 11 is 0. The number of hydrogen-bond acceptors (Lipinski definition) is 3. The molecule has 1 aromatic rings. The molecule has 0 saturated carbocycles. The van der Waals surface area contributed by atoms with E-state index in [2.05, 4.69) is 11.2 Å². The van der Waals surface area contributed by atoms with Crippen molar-refractivity contribution in [2.75, 3.05) is 11.9 Å². The van der Waals surface area contributed by atoms with Gasteiger partial charge in [-0.25, -0.2) is 4.79 Å². The second kappa shape index (κ2) is 6.74. The van der Waals surface area contributed by atoms with E-state index in [9.17, 15) is 9.59 Å². The van der Waals surface area contributed by atoms with Crippen molar-refractivity contribution in [1.29, 1.82) is 0 Å². The molecule has 2 rings (SSSR count). The standard InChI is InChI=1S/C18H22N2O3/c1-5-13-10-16(21)20(11-13)12-14-6-8-15(9-7-14)19-17(22)23-18(2,3)4/h1,6-9,13H,10-12H2,2-4H3,(H,19,22). The highest BCUT2D eigenvalue weighted by molar-refractivity contribution is 5.84. The minimum absolute atomic E-state index is 0.00982. The fourth-order valence-electron chi connectivity index (χ4n) is 2.37. The van der Waals surface area contributed by atoms with E-state index < -0.39 is 11.7 Å². The number of amides is 2. The maximum atomic E-state index is 11.9. The average molecular weight is 314 g/mol. The fraction of sp³-hybridized carbons (Fsp3) is 0.444. The smallest absolute Gasteiger partial charge is 0.412 e. The lowest BCUT2D eigenvalue weighted by atomic mass is 10.1. The number of likely N-dealkylation sites (tertiary alicyclic amines) is 1. The van der Waals surface area contributed by atoms with E-state index in [-0.39, 0.29) is 11.8 Å². The van der Waals surface area contributed by atoms with Crippen LogP contribution in [-0.4, -0.2) is 29.0 Å². The molecular weight excluding hydrogens is 292 g/mol. The molecule has 23 heavy (non-hydrogen) atoms. The minimum Gasteiger partial charge on any atom is -0.444 e. The van der Waals surface area contributed by atoms with Crippen LogP contribution in [0.5, 0.6) is 0 Å². The van der Waals surface area contributed by atoms with Gasteiger partial charge in [-0.05, 0) is 38.5 Å². The highest BCUT2D eigenvalue weighted by Crippen LogP contribution is 2.20. The molecular formula is C18H22N2O3. The number of hydrogen-bond donors (Lipinski definition) is 1. The van der Waals surface area contributed by atoms with Crippen LogP contribution in [0.25, 0.3) is 0 Å². The number of carbonyl (C=O) groups is 2. The highest BCUT2D eigenvalue weighted by Gasteiger charge is 2.27. The third-order valence-corrected chi connectivity index (χ3v) is 3.42. The number of carbonyl (C=O) groups excluding carboxylic acids is 2. The normalized spacial score (nSPS) is 17.7. The second-order valence-corrected chi connectivity index (χ2v) is 6.67. The van der Waals surface area contributed by atoms with E-state index in [0.717, 1.165) is 5.56 Å². The maximum Gasteiger partial charge on any atom is 0.412 e. The minimum atomic E-state index is -0.534. The number of anilines is 1. The molecule has 1 fully saturated rings. The van der Waals surface area contributed by atoms with Gasteiger partial charge in [0.25, 0.3) is 0 Å². The first-order chi connectivity index (χ1) is 10.8. The maximum absolute atomic E-state index is 11.9. The first-order valence-corrected chi connectivity index (χ1v) is 7.59. The molecule has 0 radical (unpaired) electrons. The van der Waals surface area contributed by atoms with Crippen molar-refractivity contribution in [3.05, 3.63) is 29.8 Å². The largest absolute Gasteiger partial charge is 0.444 e. The first-order valence-electron chi connectivity index (χ1n) is 7.59. The Bertz CT molecular complexity index is 623. The van der Waals surface area contributed by atoms with Crippen molar-refractivity contribution >= 4 is 17.7 Å². The Morgan fingerprint density at radius 3 is 2.57 bits per heavy atom. The molecule has 122 valence electrons. The molecule has 2 amide bonds. The fourth-order valence-corrected chi connectivity index (χ4v) is 2.37. The topological polar surface area (TPSA) is 58.6 Å². The molecule has 1 unspecified atom stereocenters. The van der Waals surface area contributed by atoms with Crippen LogP contribution in [0, 0.1) is 18.3 Å². The van der Waals surface area contributed by atoms with Crippen molar-refractivity contribution in [3.8, 4) is 12.3 Å². The molecule has 1 aliphatic rings. The summed E-state index contributed by atoms with van der Waals surface area (Å²) in [4.78, 5) is 25.3. The molecule has 1 atom stereocenters. The third kappa shape index (κ3) is 5.03. The van der Waals surface area contributed by atoms with E-state index in [1.807, 2.05) is 32.9 Å². The molecule has 1 N–H and O–H groups in total. The van der Waals surface area contributed by atoms with Gasteiger partial charge in [0.1, 0.15) is 5.60 Å². The summed E-state index contributed by atoms with van der Waals surface area (Å²) in [5, 5.41) is 2.68. The highest BCUT2D eigenvalue weighted by atomic mass is 16.6. The zero-order chi connectivity index (χ0) is 17.0. The van der Waals surface area contributed by atoms with Crippen LogP contribution in [0.15, 0.2) is 24.3 Å². The van der Waals surface area contributed by atoms with Gasteiger partial charge in [-0.1, -0.05) is 12.1 Å². The molecule has 0 aromatic heterocycles. The predicted molar refractivity (Wildman–Crippen MR) is 88.7 cm³/mol. The predicted octanol–water partition coefficient (Wildman–Crippen LogP) is 3.02. The zero-order valence-electron chi connectivity index (χ0n) is 13.8. The number of ether oxygens (including phenoxy) is 1. The van der Waals surface area contributed by atoms with Gasteiger partial charge in [0.05, 0.1) is 0 Å². The summed E-state index contributed by atoms with van der Waals surface area (Å²) in [5.74, 6) is 2.73. The molecule has 0 aliphatic carbocycles. The molecule has 0 spiro atoms. The van der Waals surface area contributed by atoms with E-state index in [4.69, 9.17) is 11.2 Å². The first kappa shape index (κ1) is 16.9. The lowest BCUT2D eigenvalue weighted by molar-refractivity contribution is -0.128. The van der Waals surface area contributed by atoms with Gasteiger partial charge in [-0.2, -0.15) is 0 Å². The Morgan fingerprint density at radius 1 is 1.39 bits per heavy atom. The van der Waals surface area contributed by atoms with Gasteiger partial charge in [0, 0.05) is 31.1 Å². The van der Waals surface area contributed by atoms with Gasteiger partial charge in [-0.15, -0.1) is 12.3 Å². The van der Waals surface area contributed by atoms with Crippen molar-refractivity contribution in [2.24, 2.45) is 5.92 Å². The van der Waals surface area contributed by atoms with Crippen LogP contribution in [0.3, 0.4) is 0 Å². The summed E-state index contributed by atoms with van der Waals surface area (Å²) in [7, 11) is 0. The van der Waals surface area contributed by atoms with E-state index >= 15 is 0 Å². The van der Waals surface area contributed by atoms with Gasteiger partial charge in [0.15, 0.2) is 0 Å². The van der Waals surface area contributed by atoms with Gasteiger partial charge >= 0.3 is 6.09 Å². The monoisotopic (exact) mass is 314 g/mol. The van der Waals surface area contributed by atoms with E-state index in [0.29, 0.717) is 25.2 Å². The summed E-state index contributed by atoms with van der Waals surface area (Å²) in [6, 6.07) is 7.34. The van der Waals surface area contributed by atoms with Crippen LogP contribution < -0.4 is 5.32 Å². The van der Waals surface area contributed by atoms with Crippen molar-refractivity contribution in [2.45, 2.75) is 39.3 Å². The summed E-state index contributed by atoms with van der Waals surface area (Å²) in [6.07, 6.45) is 5.32. The van der Waals surface area contributed by atoms with Gasteiger partial charge in [-0.3, -0.25) is 10.1 Å². The summed E-state index contributed by atoms with van der Waals surface area (Å²) < 4.78 is 5.20. The average Bonchev–Trinajstić information content (AvgIpc) is 2.79. The Morgan fingerprint density at radius 2 is 2.04 bits per heavy atom. The number of nitrogens with zero attached hydrogens (tertiary/aromatic N) is 1. The van der Waals surface area contributed by atoms with E-state index in [1.165, 1.54) is 0 Å². The van der Waals surface area contributed by atoms with Crippen LogP contribution in [0.1, 0.15) is 32.8 Å². The van der Waals surface area contributed by atoms with Crippen LogP contribution in [0.2, 0.25) is 0 Å². The third-order valence-electron chi connectivity index (χ3n) is 3.42. The Hall–Kier alpha value is -2.48. The van der Waals surface area contributed by atoms with Crippen LogP contribution >= 0.6 is 0 Å². The van der Waals surface area contributed by atoms with Crippen molar-refractivity contribution < 1.29 is 14.3 Å². The van der Waals surface area contributed by atoms with Crippen LogP contribution in [0.4, 0.5) is 10.5 Å². The SMILES string of the molecule is C#CC1CC(=O)N(Cc2ccc(NC(=O)OC(C)(C)C)cc2)C1.